The first kappa shape index (κ1) is 13.6. The lowest BCUT2D eigenvalue weighted by atomic mass is 10.1. The lowest BCUT2D eigenvalue weighted by Crippen LogP contribution is -2.37. The van der Waals surface area contributed by atoms with Crippen molar-refractivity contribution in [3.63, 3.8) is 0 Å². The highest BCUT2D eigenvalue weighted by molar-refractivity contribution is 6.08. The molecule has 2 heterocycles. The highest BCUT2D eigenvalue weighted by Gasteiger charge is 2.24. The second-order valence-corrected chi connectivity index (χ2v) is 5.37. The van der Waals surface area contributed by atoms with E-state index < -0.39 is 0 Å². The molecule has 1 aliphatic heterocycles. The Hall–Kier alpha value is -3.08. The molecular formula is C18H14N2O3. The molecule has 23 heavy (non-hydrogen) atoms. The van der Waals surface area contributed by atoms with Crippen LogP contribution < -0.4 is 9.64 Å². The summed E-state index contributed by atoms with van der Waals surface area (Å²) in [4.78, 5) is 18.8. The van der Waals surface area contributed by atoms with Crippen LogP contribution in [0.5, 0.6) is 11.5 Å². The monoisotopic (exact) mass is 306 g/mol. The first-order chi connectivity index (χ1) is 11.2. The molecule has 0 saturated carbocycles. The van der Waals surface area contributed by atoms with Gasteiger partial charge in [0.2, 0.25) is 0 Å². The molecule has 114 valence electrons. The maximum Gasteiger partial charge on any atom is 0.258 e. The number of anilines is 1. The molecule has 1 aliphatic rings. The molecule has 0 spiro atoms. The van der Waals surface area contributed by atoms with E-state index in [0.717, 1.165) is 16.8 Å². The zero-order valence-corrected chi connectivity index (χ0v) is 12.3. The van der Waals surface area contributed by atoms with Crippen LogP contribution in [0.15, 0.2) is 54.7 Å². The molecular weight excluding hydrogens is 292 g/mol. The Balaban J connectivity index is 1.74. The number of carbonyl (C=O) groups is 1. The second-order valence-electron chi connectivity index (χ2n) is 5.37. The fraction of sp³-hybridized carbons (Fsp3) is 0.111. The van der Waals surface area contributed by atoms with Crippen LogP contribution in [0.25, 0.3) is 10.9 Å². The average Bonchev–Trinajstić information content (AvgIpc) is 2.60. The zero-order chi connectivity index (χ0) is 15.8. The fourth-order valence-electron chi connectivity index (χ4n) is 2.78. The summed E-state index contributed by atoms with van der Waals surface area (Å²) in [6.07, 6.45) is 1.38. The number of amides is 1. The van der Waals surface area contributed by atoms with Crippen LogP contribution in [0.2, 0.25) is 0 Å². The van der Waals surface area contributed by atoms with Gasteiger partial charge < -0.3 is 14.7 Å². The highest BCUT2D eigenvalue weighted by atomic mass is 16.5. The summed E-state index contributed by atoms with van der Waals surface area (Å²) in [6, 6.07) is 14.4. The number of aromatic hydroxyl groups is 1. The van der Waals surface area contributed by atoms with E-state index in [9.17, 15) is 9.90 Å². The Bertz CT molecular complexity index is 908. The van der Waals surface area contributed by atoms with Crippen LogP contribution >= 0.6 is 0 Å². The number of fused-ring (bicyclic) bond motifs is 2. The number of ether oxygens (including phenoxy) is 1. The Morgan fingerprint density at radius 3 is 2.96 bits per heavy atom. The number of aromatic nitrogens is 1. The number of benzene rings is 2. The molecule has 0 saturated heterocycles. The van der Waals surface area contributed by atoms with Crippen molar-refractivity contribution in [2.24, 2.45) is 0 Å². The van der Waals surface area contributed by atoms with E-state index in [1.165, 1.54) is 6.20 Å². The van der Waals surface area contributed by atoms with E-state index in [1.807, 2.05) is 24.3 Å². The molecule has 5 heteroatoms. The Labute approximate surface area is 132 Å². The van der Waals surface area contributed by atoms with Crippen molar-refractivity contribution in [1.29, 1.82) is 0 Å². The summed E-state index contributed by atoms with van der Waals surface area (Å²) < 4.78 is 5.59. The molecule has 0 unspecified atom stereocenters. The third-order valence-electron chi connectivity index (χ3n) is 3.89. The van der Waals surface area contributed by atoms with Gasteiger partial charge in [-0.05, 0) is 30.3 Å². The van der Waals surface area contributed by atoms with Gasteiger partial charge in [0.1, 0.15) is 18.1 Å². The van der Waals surface area contributed by atoms with Gasteiger partial charge in [0.25, 0.3) is 5.91 Å². The first-order valence-corrected chi connectivity index (χ1v) is 7.35. The number of carbonyl (C=O) groups excluding carboxylic acids is 1. The zero-order valence-electron chi connectivity index (χ0n) is 12.3. The molecule has 4 rings (SSSR count). The minimum absolute atomic E-state index is 0.0856. The fourth-order valence-corrected chi connectivity index (χ4v) is 2.78. The van der Waals surface area contributed by atoms with Gasteiger partial charge in [-0.2, -0.15) is 0 Å². The van der Waals surface area contributed by atoms with E-state index in [-0.39, 0.29) is 11.7 Å². The molecule has 1 aromatic heterocycles. The van der Waals surface area contributed by atoms with Crippen molar-refractivity contribution in [2.45, 2.75) is 0 Å². The lowest BCUT2D eigenvalue weighted by molar-refractivity contribution is 0.0976. The Kier molecular flexibility index (Phi) is 3.12. The first-order valence-electron chi connectivity index (χ1n) is 7.35. The molecule has 0 radical (unpaired) electrons. The standard InChI is InChI=1S/C18H14N2O3/c21-14-9-12-5-6-13(10-15(12)19-11-14)18(22)20-7-8-23-17-4-2-1-3-16(17)20/h1-6,9-11,21H,7-8H2. The smallest absolute Gasteiger partial charge is 0.258 e. The van der Waals surface area contributed by atoms with Crippen LogP contribution in [-0.2, 0) is 0 Å². The Morgan fingerprint density at radius 1 is 1.17 bits per heavy atom. The molecule has 1 N–H and O–H groups in total. The van der Waals surface area contributed by atoms with Gasteiger partial charge in [-0.1, -0.05) is 18.2 Å². The maximum atomic E-state index is 12.9. The maximum absolute atomic E-state index is 12.9. The quantitative estimate of drug-likeness (QED) is 0.751. The van der Waals surface area contributed by atoms with Gasteiger partial charge in [0, 0.05) is 10.9 Å². The van der Waals surface area contributed by atoms with Crippen molar-refractivity contribution in [2.75, 3.05) is 18.1 Å². The molecule has 3 aromatic rings. The summed E-state index contributed by atoms with van der Waals surface area (Å²) in [6.45, 7) is 0.985. The van der Waals surface area contributed by atoms with Gasteiger partial charge in [-0.3, -0.25) is 9.78 Å². The molecule has 2 aromatic carbocycles. The molecule has 1 amide bonds. The van der Waals surface area contributed by atoms with Crippen molar-refractivity contribution < 1.29 is 14.6 Å². The van der Waals surface area contributed by atoms with Crippen LogP contribution in [0.1, 0.15) is 10.4 Å². The van der Waals surface area contributed by atoms with Gasteiger partial charge in [-0.15, -0.1) is 0 Å². The summed E-state index contributed by atoms with van der Waals surface area (Å²) in [7, 11) is 0. The van der Waals surface area contributed by atoms with Gasteiger partial charge in [-0.25, -0.2) is 0 Å². The van der Waals surface area contributed by atoms with Crippen molar-refractivity contribution >= 4 is 22.5 Å². The number of rotatable bonds is 1. The van der Waals surface area contributed by atoms with Crippen LogP contribution in [0.3, 0.4) is 0 Å². The number of para-hydroxylation sites is 2. The van der Waals surface area contributed by atoms with Crippen LogP contribution in [-0.4, -0.2) is 29.1 Å². The number of hydrogen-bond acceptors (Lipinski definition) is 4. The van der Waals surface area contributed by atoms with Gasteiger partial charge in [0.15, 0.2) is 0 Å². The van der Waals surface area contributed by atoms with Crippen molar-refractivity contribution in [3.8, 4) is 11.5 Å². The molecule has 0 aliphatic carbocycles. The molecule has 0 fully saturated rings. The van der Waals surface area contributed by atoms with E-state index >= 15 is 0 Å². The third kappa shape index (κ3) is 2.36. The molecule has 0 bridgehead atoms. The SMILES string of the molecule is O=C(c1ccc2cc(O)cnc2c1)N1CCOc2ccccc21. The highest BCUT2D eigenvalue weighted by Crippen LogP contribution is 2.32. The van der Waals surface area contributed by atoms with Crippen LogP contribution in [0.4, 0.5) is 5.69 Å². The number of hydrogen-bond donors (Lipinski definition) is 1. The van der Waals surface area contributed by atoms with Gasteiger partial charge >= 0.3 is 0 Å². The summed E-state index contributed by atoms with van der Waals surface area (Å²) in [5, 5.41) is 10.3. The predicted molar refractivity (Wildman–Crippen MR) is 87.0 cm³/mol. The van der Waals surface area contributed by atoms with E-state index in [2.05, 4.69) is 4.98 Å². The average molecular weight is 306 g/mol. The minimum Gasteiger partial charge on any atom is -0.506 e. The summed E-state index contributed by atoms with van der Waals surface area (Å²) >= 11 is 0. The second kappa shape index (κ2) is 5.28. The normalized spacial score (nSPS) is 13.5. The van der Waals surface area contributed by atoms with Gasteiger partial charge in [0.05, 0.1) is 23.9 Å². The third-order valence-corrected chi connectivity index (χ3v) is 3.89. The topological polar surface area (TPSA) is 62.7 Å². The molecule has 0 atom stereocenters. The Morgan fingerprint density at radius 2 is 2.04 bits per heavy atom. The minimum atomic E-state index is -0.0856. The van der Waals surface area contributed by atoms with E-state index in [4.69, 9.17) is 4.74 Å². The molecule has 5 nitrogen and oxygen atoms in total. The summed E-state index contributed by atoms with van der Waals surface area (Å²) in [5.74, 6) is 0.743. The number of nitrogens with zero attached hydrogens (tertiary/aromatic N) is 2. The van der Waals surface area contributed by atoms with E-state index in [1.54, 1.807) is 29.2 Å². The van der Waals surface area contributed by atoms with Crippen LogP contribution in [0, 0.1) is 0 Å². The predicted octanol–water partition coefficient (Wildman–Crippen LogP) is 2.98. The largest absolute Gasteiger partial charge is 0.506 e. The summed E-state index contributed by atoms with van der Waals surface area (Å²) in [5.41, 5.74) is 2.02. The van der Waals surface area contributed by atoms with Crippen molar-refractivity contribution in [3.05, 3.63) is 60.3 Å². The number of pyridine rings is 1. The van der Waals surface area contributed by atoms with E-state index in [0.29, 0.717) is 24.2 Å². The lowest BCUT2D eigenvalue weighted by Gasteiger charge is -2.29. The van der Waals surface area contributed by atoms with Crippen molar-refractivity contribution in [1.82, 2.24) is 4.98 Å².